The standard InChI is InChI=1S/C14H9ClF3NO2/c15-11-6-10(14(16,17)18)7-19-12(11)5-8-1-3-9(4-2-8)13(20)21/h1-4,6-7H,5H2,(H,20,21). The SMILES string of the molecule is O=C(O)c1ccc(Cc2ncc(C(F)(F)F)cc2Cl)cc1. The lowest BCUT2D eigenvalue weighted by Crippen LogP contribution is -2.07. The molecule has 0 saturated carbocycles. The van der Waals surface area contributed by atoms with Crippen LogP contribution in [-0.2, 0) is 12.6 Å². The molecule has 3 nitrogen and oxygen atoms in total. The first-order chi connectivity index (χ1) is 9.77. The van der Waals surface area contributed by atoms with E-state index in [4.69, 9.17) is 16.7 Å². The predicted octanol–water partition coefficient (Wildman–Crippen LogP) is 4.04. The molecule has 1 heterocycles. The third kappa shape index (κ3) is 3.72. The van der Waals surface area contributed by atoms with Crippen LogP contribution in [0.25, 0.3) is 0 Å². The average Bonchev–Trinajstić information content (AvgIpc) is 2.40. The second-order valence-electron chi connectivity index (χ2n) is 4.33. The number of hydrogen-bond acceptors (Lipinski definition) is 2. The zero-order valence-corrected chi connectivity index (χ0v) is 11.2. The largest absolute Gasteiger partial charge is 0.478 e. The van der Waals surface area contributed by atoms with Gasteiger partial charge in [-0.1, -0.05) is 23.7 Å². The average molecular weight is 316 g/mol. The summed E-state index contributed by atoms with van der Waals surface area (Å²) in [5.41, 5.74) is 0.226. The van der Waals surface area contributed by atoms with Crippen LogP contribution in [0.1, 0.15) is 27.2 Å². The topological polar surface area (TPSA) is 50.2 Å². The maximum Gasteiger partial charge on any atom is 0.417 e. The van der Waals surface area contributed by atoms with Gasteiger partial charge in [0.1, 0.15) is 0 Å². The molecule has 110 valence electrons. The van der Waals surface area contributed by atoms with E-state index in [1.54, 1.807) is 12.1 Å². The van der Waals surface area contributed by atoms with Crippen LogP contribution in [0.2, 0.25) is 5.02 Å². The van der Waals surface area contributed by atoms with Gasteiger partial charge in [0, 0.05) is 12.6 Å². The van der Waals surface area contributed by atoms with Crippen LogP contribution < -0.4 is 0 Å². The summed E-state index contributed by atoms with van der Waals surface area (Å²) in [5.74, 6) is -1.05. The molecule has 0 unspecified atom stereocenters. The second kappa shape index (κ2) is 5.73. The Morgan fingerprint density at radius 2 is 1.86 bits per heavy atom. The van der Waals surface area contributed by atoms with Gasteiger partial charge in [0.05, 0.1) is 21.8 Å². The lowest BCUT2D eigenvalue weighted by atomic mass is 10.1. The van der Waals surface area contributed by atoms with Crippen molar-refractivity contribution < 1.29 is 23.1 Å². The van der Waals surface area contributed by atoms with E-state index < -0.39 is 17.7 Å². The Kier molecular flexibility index (Phi) is 4.18. The number of benzene rings is 1. The number of alkyl halides is 3. The van der Waals surface area contributed by atoms with Crippen molar-refractivity contribution >= 4 is 17.6 Å². The summed E-state index contributed by atoms with van der Waals surface area (Å²) < 4.78 is 37.5. The molecule has 21 heavy (non-hydrogen) atoms. The zero-order valence-electron chi connectivity index (χ0n) is 10.5. The minimum absolute atomic E-state index is 0.0767. The number of hydrogen-bond donors (Lipinski definition) is 1. The smallest absolute Gasteiger partial charge is 0.417 e. The van der Waals surface area contributed by atoms with Crippen LogP contribution in [0.3, 0.4) is 0 Å². The maximum absolute atomic E-state index is 12.5. The molecule has 0 atom stereocenters. The van der Waals surface area contributed by atoms with Crippen molar-refractivity contribution in [1.82, 2.24) is 4.98 Å². The van der Waals surface area contributed by atoms with Crippen LogP contribution in [0.15, 0.2) is 36.5 Å². The third-order valence-corrected chi connectivity index (χ3v) is 3.14. The number of carbonyl (C=O) groups is 1. The molecule has 1 aromatic carbocycles. The van der Waals surface area contributed by atoms with E-state index in [0.717, 1.165) is 12.3 Å². The minimum atomic E-state index is -4.49. The number of carboxylic acids is 1. The quantitative estimate of drug-likeness (QED) is 0.930. The Morgan fingerprint density at radius 1 is 1.24 bits per heavy atom. The van der Waals surface area contributed by atoms with Crippen molar-refractivity contribution in [3.63, 3.8) is 0 Å². The van der Waals surface area contributed by atoms with Crippen LogP contribution in [-0.4, -0.2) is 16.1 Å². The zero-order chi connectivity index (χ0) is 15.6. The van der Waals surface area contributed by atoms with E-state index in [1.807, 2.05) is 0 Å². The van der Waals surface area contributed by atoms with Gasteiger partial charge in [-0.2, -0.15) is 13.2 Å². The molecule has 0 spiro atoms. The van der Waals surface area contributed by atoms with Crippen LogP contribution in [0.5, 0.6) is 0 Å². The Hall–Kier alpha value is -2.08. The molecule has 2 rings (SSSR count). The van der Waals surface area contributed by atoms with Gasteiger partial charge in [0.15, 0.2) is 0 Å². The molecule has 0 aliphatic heterocycles. The molecular weight excluding hydrogens is 307 g/mol. The predicted molar refractivity (Wildman–Crippen MR) is 70.5 cm³/mol. The van der Waals surface area contributed by atoms with Gasteiger partial charge >= 0.3 is 12.1 Å². The molecule has 1 N–H and O–H groups in total. The van der Waals surface area contributed by atoms with Gasteiger partial charge < -0.3 is 5.11 Å². The van der Waals surface area contributed by atoms with Crippen molar-refractivity contribution in [1.29, 1.82) is 0 Å². The van der Waals surface area contributed by atoms with E-state index in [9.17, 15) is 18.0 Å². The molecule has 0 bridgehead atoms. The van der Waals surface area contributed by atoms with Crippen molar-refractivity contribution in [3.8, 4) is 0 Å². The van der Waals surface area contributed by atoms with Crippen LogP contribution in [0, 0.1) is 0 Å². The van der Waals surface area contributed by atoms with Crippen molar-refractivity contribution in [2.45, 2.75) is 12.6 Å². The Morgan fingerprint density at radius 3 is 2.33 bits per heavy atom. The molecule has 0 amide bonds. The van der Waals surface area contributed by atoms with Crippen LogP contribution in [0.4, 0.5) is 13.2 Å². The maximum atomic E-state index is 12.5. The third-order valence-electron chi connectivity index (χ3n) is 2.82. The summed E-state index contributed by atoms with van der Waals surface area (Å²) in [6, 6.07) is 6.79. The highest BCUT2D eigenvalue weighted by molar-refractivity contribution is 6.31. The molecule has 7 heteroatoms. The van der Waals surface area contributed by atoms with Gasteiger partial charge in [-0.15, -0.1) is 0 Å². The van der Waals surface area contributed by atoms with E-state index in [2.05, 4.69) is 4.98 Å². The molecule has 0 radical (unpaired) electrons. The summed E-state index contributed by atoms with van der Waals surface area (Å²) in [7, 11) is 0. The first kappa shape index (κ1) is 15.3. The summed E-state index contributed by atoms with van der Waals surface area (Å²) in [5, 5.41) is 8.70. The summed E-state index contributed by atoms with van der Waals surface area (Å²) >= 11 is 5.81. The van der Waals surface area contributed by atoms with E-state index in [0.29, 0.717) is 11.3 Å². The highest BCUT2D eigenvalue weighted by atomic mass is 35.5. The monoisotopic (exact) mass is 315 g/mol. The van der Waals surface area contributed by atoms with Crippen molar-refractivity contribution in [2.24, 2.45) is 0 Å². The fourth-order valence-electron chi connectivity index (χ4n) is 1.71. The van der Waals surface area contributed by atoms with Gasteiger partial charge in [0.25, 0.3) is 0 Å². The Balaban J connectivity index is 2.22. The van der Waals surface area contributed by atoms with Gasteiger partial charge in [-0.25, -0.2) is 4.79 Å². The van der Waals surface area contributed by atoms with E-state index >= 15 is 0 Å². The number of pyridine rings is 1. The lowest BCUT2D eigenvalue weighted by molar-refractivity contribution is -0.137. The summed E-state index contributed by atoms with van der Waals surface area (Å²) in [6.07, 6.45) is -3.54. The first-order valence-electron chi connectivity index (χ1n) is 5.81. The molecule has 0 aliphatic rings. The number of rotatable bonds is 3. The molecule has 0 fully saturated rings. The molecule has 1 aromatic heterocycles. The highest BCUT2D eigenvalue weighted by Gasteiger charge is 2.31. The number of carboxylic acid groups (broad SMARTS) is 1. The summed E-state index contributed by atoms with van der Waals surface area (Å²) in [4.78, 5) is 14.4. The fraction of sp³-hybridized carbons (Fsp3) is 0.143. The second-order valence-corrected chi connectivity index (χ2v) is 4.74. The highest BCUT2D eigenvalue weighted by Crippen LogP contribution is 2.31. The lowest BCUT2D eigenvalue weighted by Gasteiger charge is -2.09. The fourth-order valence-corrected chi connectivity index (χ4v) is 1.94. The van der Waals surface area contributed by atoms with Gasteiger partial charge in [-0.3, -0.25) is 4.98 Å². The van der Waals surface area contributed by atoms with Gasteiger partial charge in [0.2, 0.25) is 0 Å². The van der Waals surface area contributed by atoms with Crippen molar-refractivity contribution in [2.75, 3.05) is 0 Å². The summed E-state index contributed by atoms with van der Waals surface area (Å²) in [6.45, 7) is 0. The molecule has 0 aliphatic carbocycles. The molecular formula is C14H9ClF3NO2. The Bertz CT molecular complexity index is 669. The Labute approximate surface area is 123 Å². The van der Waals surface area contributed by atoms with Crippen LogP contribution >= 0.6 is 11.6 Å². The molecule has 0 saturated heterocycles. The number of nitrogens with zero attached hydrogens (tertiary/aromatic N) is 1. The van der Waals surface area contributed by atoms with Crippen molar-refractivity contribution in [3.05, 3.63) is 63.9 Å². The van der Waals surface area contributed by atoms with Gasteiger partial charge in [-0.05, 0) is 23.8 Å². The van der Waals surface area contributed by atoms with E-state index in [-0.39, 0.29) is 17.0 Å². The first-order valence-corrected chi connectivity index (χ1v) is 6.19. The molecule has 2 aromatic rings. The normalized spacial score (nSPS) is 11.4. The number of aromatic carboxylic acids is 1. The minimum Gasteiger partial charge on any atom is -0.478 e. The van der Waals surface area contributed by atoms with E-state index in [1.165, 1.54) is 12.1 Å². The number of aromatic nitrogens is 1. The number of halogens is 4.